The van der Waals surface area contributed by atoms with Gasteiger partial charge in [-0.2, -0.15) is 5.26 Å². The number of unbranched alkanes of at least 4 members (excludes halogenated alkanes) is 6. The minimum absolute atomic E-state index is 0.0364. The number of aryl methyl sites for hydroxylation is 1. The van der Waals surface area contributed by atoms with Crippen LogP contribution in [0.4, 0.5) is 17.6 Å². The van der Waals surface area contributed by atoms with Gasteiger partial charge in [-0.25, -0.2) is 17.6 Å². The van der Waals surface area contributed by atoms with Crippen LogP contribution in [0.1, 0.15) is 68.9 Å². The normalized spacial score (nSPS) is 10.8. The van der Waals surface area contributed by atoms with Gasteiger partial charge in [0.05, 0.1) is 11.6 Å². The van der Waals surface area contributed by atoms with Gasteiger partial charge in [-0.1, -0.05) is 44.2 Å². The molecule has 0 fully saturated rings. The van der Waals surface area contributed by atoms with E-state index in [0.29, 0.717) is 29.5 Å². The molecule has 5 nitrogen and oxygen atoms in total. The highest BCUT2D eigenvalue weighted by Crippen LogP contribution is 2.30. The van der Waals surface area contributed by atoms with Crippen LogP contribution in [0, 0.1) is 41.5 Å². The molecule has 0 aliphatic carbocycles. The molecule has 0 amide bonds. The van der Waals surface area contributed by atoms with Crippen LogP contribution in [0.5, 0.6) is 11.5 Å². The number of esters is 2. The van der Waals surface area contributed by atoms with Gasteiger partial charge in [0.25, 0.3) is 0 Å². The van der Waals surface area contributed by atoms with Crippen molar-refractivity contribution in [2.45, 2.75) is 64.7 Å². The van der Waals surface area contributed by atoms with Crippen LogP contribution < -0.4 is 9.47 Å². The van der Waals surface area contributed by atoms with E-state index in [1.54, 1.807) is 24.3 Å². The van der Waals surface area contributed by atoms with Gasteiger partial charge in [0.15, 0.2) is 11.6 Å². The van der Waals surface area contributed by atoms with Gasteiger partial charge in [-0.05, 0) is 85.0 Å². The zero-order valence-electron chi connectivity index (χ0n) is 25.4. The highest BCUT2D eigenvalue weighted by Gasteiger charge is 2.14. The van der Waals surface area contributed by atoms with Gasteiger partial charge in [0.2, 0.25) is 0 Å². The minimum Gasteiger partial charge on any atom is -0.426 e. The van der Waals surface area contributed by atoms with E-state index in [2.05, 4.69) is 0 Å². The van der Waals surface area contributed by atoms with Crippen molar-refractivity contribution in [2.75, 3.05) is 0 Å². The van der Waals surface area contributed by atoms with E-state index in [-0.39, 0.29) is 41.0 Å². The number of hydrogen-bond acceptors (Lipinski definition) is 5. The molecule has 0 unspecified atom stereocenters. The third-order valence-corrected chi connectivity index (χ3v) is 7.45. The molecule has 0 aromatic heterocycles. The van der Waals surface area contributed by atoms with Gasteiger partial charge in [-0.15, -0.1) is 0 Å². The molecule has 4 rings (SSSR count). The van der Waals surface area contributed by atoms with Crippen molar-refractivity contribution in [3.63, 3.8) is 0 Å². The lowest BCUT2D eigenvalue weighted by molar-refractivity contribution is -0.135. The third-order valence-electron chi connectivity index (χ3n) is 7.45. The predicted molar refractivity (Wildman–Crippen MR) is 166 cm³/mol. The first kappa shape index (κ1) is 33.9. The highest BCUT2D eigenvalue weighted by atomic mass is 19.2. The summed E-state index contributed by atoms with van der Waals surface area (Å²) in [7, 11) is 0. The summed E-state index contributed by atoms with van der Waals surface area (Å²) >= 11 is 0. The molecular formula is C37H33F4NO4. The van der Waals surface area contributed by atoms with E-state index < -0.39 is 35.2 Å². The van der Waals surface area contributed by atoms with Crippen molar-refractivity contribution in [2.24, 2.45) is 0 Å². The minimum atomic E-state index is -1.07. The zero-order valence-corrected chi connectivity index (χ0v) is 25.4. The number of rotatable bonds is 14. The molecular weight excluding hydrogens is 598 g/mol. The molecule has 4 aromatic carbocycles. The van der Waals surface area contributed by atoms with Crippen LogP contribution in [0.25, 0.3) is 22.3 Å². The number of nitrogens with zero attached hydrogens (tertiary/aromatic N) is 1. The molecule has 0 radical (unpaired) electrons. The van der Waals surface area contributed by atoms with Crippen LogP contribution in [0.15, 0.2) is 72.8 Å². The fourth-order valence-corrected chi connectivity index (χ4v) is 4.98. The van der Waals surface area contributed by atoms with E-state index >= 15 is 0 Å². The van der Waals surface area contributed by atoms with Crippen molar-refractivity contribution < 1.29 is 36.6 Å². The summed E-state index contributed by atoms with van der Waals surface area (Å²) in [5.41, 5.74) is 1.76. The number of carbonyl (C=O) groups is 2. The van der Waals surface area contributed by atoms with Crippen LogP contribution in [0.3, 0.4) is 0 Å². The molecule has 0 N–H and O–H groups in total. The molecule has 46 heavy (non-hydrogen) atoms. The van der Waals surface area contributed by atoms with Crippen LogP contribution in [-0.4, -0.2) is 11.9 Å². The van der Waals surface area contributed by atoms with Gasteiger partial charge in [-0.3, -0.25) is 9.59 Å². The topological polar surface area (TPSA) is 76.4 Å². The first-order valence-corrected chi connectivity index (χ1v) is 15.1. The lowest BCUT2D eigenvalue weighted by atomic mass is 10.0. The summed E-state index contributed by atoms with van der Waals surface area (Å²) < 4.78 is 67.0. The summed E-state index contributed by atoms with van der Waals surface area (Å²) in [4.78, 5) is 24.4. The molecule has 0 bridgehead atoms. The first-order chi connectivity index (χ1) is 22.1. The third kappa shape index (κ3) is 9.51. The fraction of sp³-hybridized carbons (Fsp3) is 0.270. The maximum Gasteiger partial charge on any atom is 0.311 e. The zero-order chi connectivity index (χ0) is 33.1. The fourth-order valence-electron chi connectivity index (χ4n) is 4.98. The van der Waals surface area contributed by atoms with Crippen molar-refractivity contribution in [1.29, 1.82) is 5.26 Å². The molecule has 0 saturated carbocycles. The molecule has 0 heterocycles. The number of ether oxygens (including phenoxy) is 2. The number of carbonyl (C=O) groups excluding carboxylic acids is 2. The Labute approximate surface area is 265 Å². The Balaban J connectivity index is 1.07. The smallest absolute Gasteiger partial charge is 0.311 e. The Morgan fingerprint density at radius 2 is 1.09 bits per heavy atom. The van der Waals surface area contributed by atoms with Crippen LogP contribution in [-0.2, 0) is 9.59 Å². The summed E-state index contributed by atoms with van der Waals surface area (Å²) in [6, 6.07) is 18.9. The Kier molecular flexibility index (Phi) is 12.1. The van der Waals surface area contributed by atoms with Gasteiger partial charge in [0, 0.05) is 36.1 Å². The van der Waals surface area contributed by atoms with E-state index in [1.165, 1.54) is 43.3 Å². The van der Waals surface area contributed by atoms with Crippen molar-refractivity contribution >= 4 is 11.9 Å². The molecule has 9 heteroatoms. The van der Waals surface area contributed by atoms with Gasteiger partial charge < -0.3 is 9.47 Å². The van der Waals surface area contributed by atoms with Crippen molar-refractivity contribution in [1.82, 2.24) is 0 Å². The monoisotopic (exact) mass is 631 g/mol. The van der Waals surface area contributed by atoms with Gasteiger partial charge in [0.1, 0.15) is 23.1 Å². The average Bonchev–Trinajstić information content (AvgIpc) is 3.03. The Morgan fingerprint density at radius 1 is 0.609 bits per heavy atom. The van der Waals surface area contributed by atoms with Crippen molar-refractivity contribution in [3.8, 4) is 39.8 Å². The summed E-state index contributed by atoms with van der Waals surface area (Å²) in [5.74, 6) is -4.03. The maximum absolute atomic E-state index is 14.6. The second-order valence-corrected chi connectivity index (χ2v) is 11.0. The molecule has 0 saturated heterocycles. The largest absolute Gasteiger partial charge is 0.426 e. The number of hydrogen-bond donors (Lipinski definition) is 0. The number of halogens is 4. The number of benzene rings is 4. The molecule has 0 atom stereocenters. The summed E-state index contributed by atoms with van der Waals surface area (Å²) in [5, 5.41) is 8.91. The average molecular weight is 632 g/mol. The van der Waals surface area contributed by atoms with Crippen LogP contribution in [0.2, 0.25) is 0 Å². The highest BCUT2D eigenvalue weighted by molar-refractivity contribution is 5.74. The van der Waals surface area contributed by atoms with Crippen LogP contribution >= 0.6 is 0 Å². The van der Waals surface area contributed by atoms with E-state index in [1.807, 2.05) is 6.07 Å². The SMILES string of the molecule is Cc1cc(-c2ccc(OC(=O)CCCCCCCCCC(=O)Oc3ccc(-c4ccc(C#N)cc4)c(F)c3)cc2F)cc(F)c1F. The van der Waals surface area contributed by atoms with E-state index in [4.69, 9.17) is 14.7 Å². The van der Waals surface area contributed by atoms with E-state index in [9.17, 15) is 27.2 Å². The molecule has 0 aliphatic rings. The standard InChI is InChI=1S/C37H33F4NO4/c1-24-19-27(20-34(40)37(24)41)31-18-16-29(22-33(31)39)46-36(44)10-8-6-4-2-3-5-7-9-35(43)45-28-15-17-30(32(38)21-28)26-13-11-25(23-42)12-14-26/h11-22H,2-10H2,1H3. The summed E-state index contributed by atoms with van der Waals surface area (Å²) in [6.07, 6.45) is 6.02. The second-order valence-electron chi connectivity index (χ2n) is 11.0. The van der Waals surface area contributed by atoms with Crippen molar-refractivity contribution in [3.05, 3.63) is 107 Å². The molecule has 0 aliphatic heterocycles. The first-order valence-electron chi connectivity index (χ1n) is 15.1. The molecule has 4 aromatic rings. The number of nitriles is 1. The molecule has 0 spiro atoms. The summed E-state index contributed by atoms with van der Waals surface area (Å²) in [6.45, 7) is 1.39. The lowest BCUT2D eigenvalue weighted by Crippen LogP contribution is -2.08. The Bertz CT molecular complexity index is 1710. The molecule has 238 valence electrons. The van der Waals surface area contributed by atoms with E-state index in [0.717, 1.165) is 44.2 Å². The van der Waals surface area contributed by atoms with Gasteiger partial charge >= 0.3 is 11.9 Å². The Morgan fingerprint density at radius 3 is 1.54 bits per heavy atom. The Hall–Kier alpha value is -4.97. The maximum atomic E-state index is 14.6. The predicted octanol–water partition coefficient (Wildman–Crippen LogP) is 9.78. The second kappa shape index (κ2) is 16.4. The lowest BCUT2D eigenvalue weighted by Gasteiger charge is -2.09. The quantitative estimate of drug-likeness (QED) is 0.0599.